The molecule has 0 amide bonds. The highest BCUT2D eigenvalue weighted by Crippen LogP contribution is 2.31. The van der Waals surface area contributed by atoms with Crippen molar-refractivity contribution in [1.82, 2.24) is 0 Å². The second-order valence-electron chi connectivity index (χ2n) is 20.1. The highest BCUT2D eigenvalue weighted by Gasteiger charge is 2.19. The zero-order valence-electron chi connectivity index (χ0n) is 45.1. The molecule has 0 heterocycles. The van der Waals surface area contributed by atoms with Crippen LogP contribution >= 0.6 is 0 Å². The Morgan fingerprint density at radius 2 is 0.783 bits per heavy atom. The summed E-state index contributed by atoms with van der Waals surface area (Å²) >= 11 is 0. The molecule has 0 spiro atoms. The van der Waals surface area contributed by atoms with Gasteiger partial charge in [-0.1, -0.05) is 232 Å². The normalized spacial score (nSPS) is 12.2. The third kappa shape index (κ3) is 32.3. The molecule has 0 aromatic heterocycles. The number of hydrogen-bond donors (Lipinski definition) is 0. The molecule has 0 aliphatic heterocycles. The highest BCUT2D eigenvalue weighted by atomic mass is 16.6. The van der Waals surface area contributed by atoms with Gasteiger partial charge in [0.15, 0.2) is 12.2 Å². The van der Waals surface area contributed by atoms with Crippen LogP contribution in [0, 0.1) is 6.92 Å². The van der Waals surface area contributed by atoms with Gasteiger partial charge in [0.05, 0.1) is 13.2 Å². The monoisotopic (exact) mass is 963 g/mol. The minimum absolute atomic E-state index is 0.147. The fraction of sp³-hybridized carbons (Fsp3) is 0.738. The van der Waals surface area contributed by atoms with Crippen LogP contribution in [0.3, 0.4) is 0 Å². The summed E-state index contributed by atoms with van der Waals surface area (Å²) in [6.45, 7) is 19.4. The number of carbonyl (C=O) groups is 2. The molecule has 8 nitrogen and oxygen atoms in total. The van der Waals surface area contributed by atoms with Crippen LogP contribution in [0.15, 0.2) is 54.6 Å². The van der Waals surface area contributed by atoms with Crippen LogP contribution in [0.1, 0.15) is 239 Å². The van der Waals surface area contributed by atoms with Crippen molar-refractivity contribution >= 4 is 22.7 Å². The van der Waals surface area contributed by atoms with Crippen molar-refractivity contribution in [2.45, 2.75) is 252 Å². The molecular weight excluding hydrogens is 861 g/mol. The third-order valence-corrected chi connectivity index (χ3v) is 13.2. The first kappa shape index (κ1) is 61.8. The zero-order chi connectivity index (χ0) is 50.0. The van der Waals surface area contributed by atoms with Gasteiger partial charge in [0.2, 0.25) is 0 Å². The van der Waals surface area contributed by atoms with Gasteiger partial charge in [-0.2, -0.15) is 0 Å². The maximum atomic E-state index is 12.5. The van der Waals surface area contributed by atoms with E-state index < -0.39 is 24.1 Å². The van der Waals surface area contributed by atoms with Crippen LogP contribution in [0.5, 0.6) is 11.5 Å². The zero-order valence-corrected chi connectivity index (χ0v) is 45.1. The van der Waals surface area contributed by atoms with Gasteiger partial charge in [0.25, 0.3) is 0 Å². The number of benzene rings is 2. The Kier molecular flexibility index (Phi) is 37.9. The SMILES string of the molecule is C=C(C)C(=O)OC(COCCCCCCCCCCCCCCCCCC)COc1ccc2ccc(OCC(COCCCCCCCCCCCCCCCCCC)OC(=O)C(=C)C)c(C)c2c1. The summed E-state index contributed by atoms with van der Waals surface area (Å²) in [5.41, 5.74) is 1.61. The molecule has 0 aliphatic rings. The van der Waals surface area contributed by atoms with Gasteiger partial charge in [-0.15, -0.1) is 0 Å². The van der Waals surface area contributed by atoms with Gasteiger partial charge in [-0.3, -0.25) is 0 Å². The average molecular weight is 963 g/mol. The summed E-state index contributed by atoms with van der Waals surface area (Å²) in [5, 5.41) is 2.00. The van der Waals surface area contributed by atoms with Crippen LogP contribution in [0.2, 0.25) is 0 Å². The number of esters is 2. The number of ether oxygens (including phenoxy) is 6. The van der Waals surface area contributed by atoms with Crippen molar-refractivity contribution in [3.63, 3.8) is 0 Å². The summed E-state index contributed by atoms with van der Waals surface area (Å²) < 4.78 is 36.0. The molecule has 2 aromatic carbocycles. The van der Waals surface area contributed by atoms with E-state index in [0.29, 0.717) is 35.9 Å². The van der Waals surface area contributed by atoms with E-state index in [1.54, 1.807) is 13.8 Å². The second kappa shape index (κ2) is 42.3. The predicted molar refractivity (Wildman–Crippen MR) is 290 cm³/mol. The standard InChI is InChI=1S/C61H102O8/c1-8-10-12-14-16-18-20-22-24-26-28-30-32-34-36-38-44-64-47-56(68-60(62)51(3)4)49-66-55-42-40-54-41-43-59(53(7)58(54)46-55)67-50-57(69-61(63)52(5)6)48-65-45-39-37-35-33-31-29-27-25-23-21-19-17-15-13-11-9-2/h40-43,46,56-57H,3,5,8-39,44-45,47-50H2,1-2,4,6-7H3. The van der Waals surface area contributed by atoms with Gasteiger partial charge < -0.3 is 28.4 Å². The van der Waals surface area contributed by atoms with Crippen molar-refractivity contribution in [2.75, 3.05) is 39.6 Å². The van der Waals surface area contributed by atoms with Crippen LogP contribution in [-0.4, -0.2) is 63.8 Å². The Labute approximate surface area is 422 Å². The van der Waals surface area contributed by atoms with E-state index in [-0.39, 0.29) is 26.4 Å². The van der Waals surface area contributed by atoms with Crippen LogP contribution < -0.4 is 9.47 Å². The summed E-state index contributed by atoms with van der Waals surface area (Å²) in [4.78, 5) is 25.1. The Bertz CT molecular complexity index is 1610. The molecule has 0 aliphatic carbocycles. The van der Waals surface area contributed by atoms with E-state index in [4.69, 9.17) is 28.4 Å². The Morgan fingerprint density at radius 1 is 0.449 bits per heavy atom. The fourth-order valence-electron chi connectivity index (χ4n) is 8.72. The first-order chi connectivity index (χ1) is 33.7. The molecular formula is C61H102O8. The predicted octanol–water partition coefficient (Wildman–Crippen LogP) is 17.4. The van der Waals surface area contributed by atoms with Gasteiger partial charge in [0.1, 0.15) is 24.7 Å². The quantitative estimate of drug-likeness (QED) is 0.0368. The summed E-state index contributed by atoms with van der Waals surface area (Å²) in [6.07, 6.45) is 41.3. The Morgan fingerprint density at radius 3 is 1.14 bits per heavy atom. The first-order valence-corrected chi connectivity index (χ1v) is 28.3. The average Bonchev–Trinajstić information content (AvgIpc) is 3.34. The first-order valence-electron chi connectivity index (χ1n) is 28.3. The molecule has 394 valence electrons. The molecule has 0 bridgehead atoms. The van der Waals surface area contributed by atoms with E-state index in [1.807, 2.05) is 37.3 Å². The Balaban J connectivity index is 1.73. The van der Waals surface area contributed by atoms with Crippen molar-refractivity contribution in [2.24, 2.45) is 0 Å². The molecule has 2 aromatic rings. The molecule has 69 heavy (non-hydrogen) atoms. The summed E-state index contributed by atoms with van der Waals surface area (Å²) in [6, 6.07) is 9.85. The lowest BCUT2D eigenvalue weighted by Crippen LogP contribution is -2.30. The number of hydrogen-bond acceptors (Lipinski definition) is 8. The summed E-state index contributed by atoms with van der Waals surface area (Å²) in [7, 11) is 0. The maximum absolute atomic E-state index is 12.5. The van der Waals surface area contributed by atoms with Gasteiger partial charge >= 0.3 is 11.9 Å². The lowest BCUT2D eigenvalue weighted by Gasteiger charge is -2.20. The van der Waals surface area contributed by atoms with Gasteiger partial charge in [-0.05, 0) is 68.1 Å². The van der Waals surface area contributed by atoms with E-state index in [0.717, 1.165) is 42.0 Å². The number of aryl methyl sites for hydroxylation is 1. The van der Waals surface area contributed by atoms with Crippen molar-refractivity contribution in [3.8, 4) is 11.5 Å². The molecule has 2 unspecified atom stereocenters. The molecule has 0 N–H and O–H groups in total. The molecule has 2 atom stereocenters. The molecule has 0 saturated carbocycles. The minimum Gasteiger partial charge on any atom is -0.490 e. The Hall–Kier alpha value is -3.36. The number of fused-ring (bicyclic) bond motifs is 1. The number of carbonyl (C=O) groups excluding carboxylic acids is 2. The second-order valence-corrected chi connectivity index (χ2v) is 20.1. The van der Waals surface area contributed by atoms with Crippen molar-refractivity contribution in [3.05, 3.63) is 60.2 Å². The summed E-state index contributed by atoms with van der Waals surface area (Å²) in [5.74, 6) is 0.422. The maximum Gasteiger partial charge on any atom is 0.333 e. The smallest absolute Gasteiger partial charge is 0.333 e. The van der Waals surface area contributed by atoms with Crippen molar-refractivity contribution in [1.29, 1.82) is 0 Å². The van der Waals surface area contributed by atoms with Gasteiger partial charge in [-0.25, -0.2) is 9.59 Å². The molecule has 0 saturated heterocycles. The van der Waals surface area contributed by atoms with Crippen LogP contribution in [0.25, 0.3) is 10.8 Å². The third-order valence-electron chi connectivity index (χ3n) is 13.2. The molecule has 2 rings (SSSR count). The van der Waals surface area contributed by atoms with Crippen LogP contribution in [-0.2, 0) is 28.5 Å². The molecule has 0 radical (unpaired) electrons. The van der Waals surface area contributed by atoms with Gasteiger partial charge in [0, 0.05) is 24.4 Å². The van der Waals surface area contributed by atoms with Crippen molar-refractivity contribution < 1.29 is 38.0 Å². The van der Waals surface area contributed by atoms with E-state index >= 15 is 0 Å². The number of rotatable bonds is 48. The lowest BCUT2D eigenvalue weighted by atomic mass is 10.0. The highest BCUT2D eigenvalue weighted by molar-refractivity contribution is 5.89. The van der Waals surface area contributed by atoms with Crippen LogP contribution in [0.4, 0.5) is 0 Å². The van der Waals surface area contributed by atoms with E-state index in [9.17, 15) is 9.59 Å². The fourth-order valence-corrected chi connectivity index (χ4v) is 8.72. The number of unbranched alkanes of at least 4 members (excludes halogenated alkanes) is 30. The minimum atomic E-state index is -0.579. The largest absolute Gasteiger partial charge is 0.490 e. The van der Waals surface area contributed by atoms with E-state index in [2.05, 4.69) is 27.0 Å². The molecule has 0 fully saturated rings. The topological polar surface area (TPSA) is 89.5 Å². The molecule has 8 heteroatoms. The van der Waals surface area contributed by atoms with E-state index in [1.165, 1.54) is 180 Å². The lowest BCUT2D eigenvalue weighted by molar-refractivity contribution is -0.150.